The molecule has 0 heterocycles. The van der Waals surface area contributed by atoms with E-state index in [9.17, 15) is 8.78 Å². The van der Waals surface area contributed by atoms with E-state index in [1.807, 2.05) is 6.07 Å². The largest absolute Gasteiger partial charge is 0.493 e. The summed E-state index contributed by atoms with van der Waals surface area (Å²) in [6.07, 6.45) is 0. The molecule has 0 amide bonds. The summed E-state index contributed by atoms with van der Waals surface area (Å²) in [6, 6.07) is 5.86. The van der Waals surface area contributed by atoms with Crippen molar-refractivity contribution in [2.75, 3.05) is 14.2 Å². The van der Waals surface area contributed by atoms with Crippen LogP contribution in [0.25, 0.3) is 0 Å². The van der Waals surface area contributed by atoms with E-state index < -0.39 is 12.7 Å². The van der Waals surface area contributed by atoms with Gasteiger partial charge in [-0.15, -0.1) is 0 Å². The number of nitrogens with one attached hydrogen (secondary N) is 1. The second-order valence-corrected chi connectivity index (χ2v) is 3.14. The van der Waals surface area contributed by atoms with Gasteiger partial charge in [0, 0.05) is 0 Å². The van der Waals surface area contributed by atoms with E-state index in [1.54, 1.807) is 13.1 Å². The van der Waals surface area contributed by atoms with Crippen LogP contribution in [0.3, 0.4) is 0 Å². The van der Waals surface area contributed by atoms with Gasteiger partial charge in [-0.25, -0.2) is 0 Å². The standard InChI is InChI=1S/C11H12F2N2O2/c1-15-8(6-14)7-3-4-9(16-2)10(5-7)17-11(12)13/h3-5,8,11,15H,1-2H3. The van der Waals surface area contributed by atoms with Crippen molar-refractivity contribution < 1.29 is 18.3 Å². The smallest absolute Gasteiger partial charge is 0.387 e. The number of hydrogen-bond acceptors (Lipinski definition) is 4. The molecule has 0 aliphatic rings. The molecule has 0 fully saturated rings. The molecule has 0 aromatic heterocycles. The lowest BCUT2D eigenvalue weighted by Gasteiger charge is -2.13. The molecule has 0 radical (unpaired) electrons. The minimum atomic E-state index is -2.94. The third kappa shape index (κ3) is 3.29. The summed E-state index contributed by atoms with van der Waals surface area (Å²) in [5, 5.41) is 11.6. The zero-order chi connectivity index (χ0) is 12.8. The van der Waals surface area contributed by atoms with Gasteiger partial charge in [-0.2, -0.15) is 14.0 Å². The number of halogens is 2. The van der Waals surface area contributed by atoms with Gasteiger partial charge in [-0.3, -0.25) is 0 Å². The van der Waals surface area contributed by atoms with Gasteiger partial charge in [0.2, 0.25) is 0 Å². The van der Waals surface area contributed by atoms with Crippen molar-refractivity contribution in [3.63, 3.8) is 0 Å². The molecular formula is C11H12F2N2O2. The first-order valence-corrected chi connectivity index (χ1v) is 4.82. The zero-order valence-electron chi connectivity index (χ0n) is 9.41. The van der Waals surface area contributed by atoms with Crippen LogP contribution in [0.5, 0.6) is 11.5 Å². The van der Waals surface area contributed by atoms with Gasteiger partial charge in [0.05, 0.1) is 13.2 Å². The highest BCUT2D eigenvalue weighted by molar-refractivity contribution is 5.44. The first-order valence-electron chi connectivity index (χ1n) is 4.82. The average Bonchev–Trinajstić information content (AvgIpc) is 2.30. The molecule has 0 saturated carbocycles. The number of nitrogens with zero attached hydrogens (tertiary/aromatic N) is 1. The van der Waals surface area contributed by atoms with Gasteiger partial charge in [0.1, 0.15) is 6.04 Å². The lowest BCUT2D eigenvalue weighted by molar-refractivity contribution is -0.0512. The Labute approximate surface area is 97.8 Å². The van der Waals surface area contributed by atoms with E-state index in [2.05, 4.69) is 10.1 Å². The van der Waals surface area contributed by atoms with Gasteiger partial charge >= 0.3 is 6.61 Å². The van der Waals surface area contributed by atoms with E-state index in [-0.39, 0.29) is 11.5 Å². The molecule has 1 unspecified atom stereocenters. The fourth-order valence-electron chi connectivity index (χ4n) is 1.37. The van der Waals surface area contributed by atoms with Crippen LogP contribution in [0, 0.1) is 11.3 Å². The predicted octanol–water partition coefficient (Wildman–Crippen LogP) is 2.08. The highest BCUT2D eigenvalue weighted by atomic mass is 19.3. The van der Waals surface area contributed by atoms with E-state index in [0.717, 1.165) is 0 Å². The molecule has 1 atom stereocenters. The van der Waals surface area contributed by atoms with Crippen molar-refractivity contribution in [3.8, 4) is 17.6 Å². The van der Waals surface area contributed by atoms with Crippen LogP contribution in [0.1, 0.15) is 11.6 Å². The van der Waals surface area contributed by atoms with Crippen LogP contribution < -0.4 is 14.8 Å². The van der Waals surface area contributed by atoms with E-state index in [4.69, 9.17) is 10.00 Å². The normalized spacial score (nSPS) is 12.0. The van der Waals surface area contributed by atoms with Crippen LogP contribution in [0.4, 0.5) is 8.78 Å². The van der Waals surface area contributed by atoms with Gasteiger partial charge in [0.15, 0.2) is 11.5 Å². The molecule has 1 aromatic rings. The molecule has 0 aliphatic heterocycles. The lowest BCUT2D eigenvalue weighted by atomic mass is 10.1. The molecule has 4 nitrogen and oxygen atoms in total. The predicted molar refractivity (Wildman–Crippen MR) is 57.0 cm³/mol. The van der Waals surface area contributed by atoms with E-state index >= 15 is 0 Å². The summed E-state index contributed by atoms with van der Waals surface area (Å²) in [5.74, 6) is 0.109. The molecule has 0 spiro atoms. The van der Waals surface area contributed by atoms with Gasteiger partial charge in [-0.05, 0) is 24.7 Å². The maximum Gasteiger partial charge on any atom is 0.387 e. The van der Waals surface area contributed by atoms with Crippen molar-refractivity contribution in [1.82, 2.24) is 5.32 Å². The summed E-state index contributed by atoms with van der Waals surface area (Å²) in [4.78, 5) is 0. The van der Waals surface area contributed by atoms with Crippen LogP contribution >= 0.6 is 0 Å². The maximum atomic E-state index is 12.2. The molecule has 0 bridgehead atoms. The summed E-state index contributed by atoms with van der Waals surface area (Å²) in [5.41, 5.74) is 0.534. The number of hydrogen-bond donors (Lipinski definition) is 1. The van der Waals surface area contributed by atoms with Crippen LogP contribution in [0.2, 0.25) is 0 Å². The van der Waals surface area contributed by atoms with Crippen molar-refractivity contribution in [2.24, 2.45) is 0 Å². The van der Waals surface area contributed by atoms with Crippen molar-refractivity contribution in [1.29, 1.82) is 5.26 Å². The molecule has 0 saturated heterocycles. The Balaban J connectivity index is 3.08. The van der Waals surface area contributed by atoms with Crippen LogP contribution in [-0.4, -0.2) is 20.8 Å². The topological polar surface area (TPSA) is 54.3 Å². The summed E-state index contributed by atoms with van der Waals surface area (Å²) in [6.45, 7) is -2.94. The average molecular weight is 242 g/mol. The molecule has 17 heavy (non-hydrogen) atoms. The first-order chi connectivity index (χ1) is 8.12. The summed E-state index contributed by atoms with van der Waals surface area (Å²) >= 11 is 0. The van der Waals surface area contributed by atoms with Gasteiger partial charge < -0.3 is 14.8 Å². The highest BCUT2D eigenvalue weighted by Crippen LogP contribution is 2.31. The van der Waals surface area contributed by atoms with Gasteiger partial charge in [-0.1, -0.05) is 6.07 Å². The fourth-order valence-corrected chi connectivity index (χ4v) is 1.37. The summed E-state index contributed by atoms with van der Waals surface area (Å²) in [7, 11) is 2.96. The number of nitriles is 1. The Hall–Kier alpha value is -1.87. The Kier molecular flexibility index (Phi) is 4.67. The molecule has 92 valence electrons. The Bertz CT molecular complexity index is 418. The lowest BCUT2D eigenvalue weighted by Crippen LogP contribution is -2.14. The monoisotopic (exact) mass is 242 g/mol. The van der Waals surface area contributed by atoms with Crippen LogP contribution in [0.15, 0.2) is 18.2 Å². The SMILES string of the molecule is CNC(C#N)c1ccc(OC)c(OC(F)F)c1. The quantitative estimate of drug-likeness (QED) is 0.858. The zero-order valence-corrected chi connectivity index (χ0v) is 9.41. The van der Waals surface area contributed by atoms with Crippen molar-refractivity contribution in [2.45, 2.75) is 12.7 Å². The Morgan fingerprint density at radius 2 is 2.06 bits per heavy atom. The molecule has 1 rings (SSSR count). The van der Waals surface area contributed by atoms with Crippen molar-refractivity contribution in [3.05, 3.63) is 23.8 Å². The van der Waals surface area contributed by atoms with Crippen LogP contribution in [-0.2, 0) is 0 Å². The second kappa shape index (κ2) is 6.01. The minimum absolute atomic E-state index is 0.0875. The number of methoxy groups -OCH3 is 1. The molecule has 1 N–H and O–H groups in total. The first kappa shape index (κ1) is 13.2. The van der Waals surface area contributed by atoms with E-state index in [0.29, 0.717) is 5.56 Å². The molecule has 1 aromatic carbocycles. The Morgan fingerprint density at radius 1 is 1.35 bits per heavy atom. The molecule has 0 aliphatic carbocycles. The van der Waals surface area contributed by atoms with Crippen molar-refractivity contribution >= 4 is 0 Å². The van der Waals surface area contributed by atoms with E-state index in [1.165, 1.54) is 19.2 Å². The molecular weight excluding hydrogens is 230 g/mol. The maximum absolute atomic E-state index is 12.2. The number of benzene rings is 1. The fraction of sp³-hybridized carbons (Fsp3) is 0.364. The third-order valence-electron chi connectivity index (χ3n) is 2.15. The Morgan fingerprint density at radius 3 is 2.53 bits per heavy atom. The summed E-state index contributed by atoms with van der Waals surface area (Å²) < 4.78 is 33.6. The number of alkyl halides is 2. The highest BCUT2D eigenvalue weighted by Gasteiger charge is 2.14. The van der Waals surface area contributed by atoms with Gasteiger partial charge in [0.25, 0.3) is 0 Å². The third-order valence-corrected chi connectivity index (χ3v) is 2.15. The number of ether oxygens (including phenoxy) is 2. The second-order valence-electron chi connectivity index (χ2n) is 3.14. The number of rotatable bonds is 5. The minimum Gasteiger partial charge on any atom is -0.493 e. The molecule has 6 heteroatoms.